The number of carbonyl (C=O) groups is 1. The Morgan fingerprint density at radius 1 is 1.12 bits per heavy atom. The van der Waals surface area contributed by atoms with Crippen LogP contribution >= 0.6 is 0 Å². The lowest BCUT2D eigenvalue weighted by Gasteiger charge is -2.05. The zero-order valence-corrected chi connectivity index (χ0v) is 10.2. The van der Waals surface area contributed by atoms with Crippen LogP contribution in [0.4, 0.5) is 0 Å². The molecule has 3 nitrogen and oxygen atoms in total. The zero-order valence-electron chi connectivity index (χ0n) is 10.2. The van der Waals surface area contributed by atoms with E-state index in [-0.39, 0.29) is 11.6 Å². The van der Waals surface area contributed by atoms with Crippen molar-refractivity contribution in [1.82, 2.24) is 9.97 Å². The van der Waals surface area contributed by atoms with Gasteiger partial charge in [-0.2, -0.15) is 0 Å². The molecule has 0 unspecified atom stereocenters. The summed E-state index contributed by atoms with van der Waals surface area (Å²) in [5.74, 6) is 0.149. The Kier molecular flexibility index (Phi) is 3.00. The number of hydrogen-bond acceptors (Lipinski definition) is 3. The predicted octanol–water partition coefficient (Wildman–Crippen LogP) is 2.96. The van der Waals surface area contributed by atoms with Crippen molar-refractivity contribution in [2.45, 2.75) is 20.8 Å². The second-order valence-corrected chi connectivity index (χ2v) is 4.12. The molecule has 0 spiro atoms. The Labute approximate surface area is 101 Å². The molecule has 0 aliphatic carbocycles. The predicted molar refractivity (Wildman–Crippen MR) is 66.9 cm³/mol. The van der Waals surface area contributed by atoms with E-state index >= 15 is 0 Å². The van der Waals surface area contributed by atoms with Crippen molar-refractivity contribution in [3.8, 4) is 11.3 Å². The summed E-state index contributed by atoms with van der Waals surface area (Å²) in [6.45, 7) is 5.60. The van der Waals surface area contributed by atoms with Gasteiger partial charge in [0.1, 0.15) is 0 Å². The molecule has 0 atom stereocenters. The highest BCUT2D eigenvalue weighted by atomic mass is 16.1. The van der Waals surface area contributed by atoms with E-state index in [1.807, 2.05) is 12.1 Å². The quantitative estimate of drug-likeness (QED) is 0.739. The number of aryl methyl sites for hydroxylation is 2. The summed E-state index contributed by atoms with van der Waals surface area (Å²) in [4.78, 5) is 19.4. The van der Waals surface area contributed by atoms with Crippen LogP contribution in [0.1, 0.15) is 28.7 Å². The van der Waals surface area contributed by atoms with E-state index in [4.69, 9.17) is 0 Å². The molecule has 0 N–H and O–H groups in total. The number of benzene rings is 1. The molecule has 1 heterocycles. The van der Waals surface area contributed by atoms with E-state index in [1.165, 1.54) is 18.1 Å². The van der Waals surface area contributed by atoms with Crippen LogP contribution in [0, 0.1) is 13.8 Å². The number of aromatic nitrogens is 2. The number of hydrogen-bond donors (Lipinski definition) is 0. The lowest BCUT2D eigenvalue weighted by atomic mass is 10.0. The maximum atomic E-state index is 11.2. The molecule has 2 aromatic rings. The highest BCUT2D eigenvalue weighted by Gasteiger charge is 2.06. The maximum Gasteiger partial charge on any atom is 0.196 e. The molecule has 2 rings (SSSR count). The van der Waals surface area contributed by atoms with Gasteiger partial charge >= 0.3 is 0 Å². The van der Waals surface area contributed by atoms with Crippen LogP contribution in [0.15, 0.2) is 30.5 Å². The van der Waals surface area contributed by atoms with Crippen LogP contribution in [-0.2, 0) is 0 Å². The number of carbonyl (C=O) groups excluding carboxylic acids is 1. The molecular formula is C14H14N2O. The third kappa shape index (κ3) is 2.38. The molecule has 0 aliphatic rings. The van der Waals surface area contributed by atoms with Gasteiger partial charge in [-0.3, -0.25) is 4.79 Å². The summed E-state index contributed by atoms with van der Waals surface area (Å²) in [6.07, 6.45) is 1.62. The van der Waals surface area contributed by atoms with E-state index < -0.39 is 0 Å². The third-order valence-corrected chi connectivity index (χ3v) is 2.77. The normalized spacial score (nSPS) is 10.3. The lowest BCUT2D eigenvalue weighted by molar-refractivity contribution is 0.100. The minimum Gasteiger partial charge on any atom is -0.291 e. The third-order valence-electron chi connectivity index (χ3n) is 2.77. The molecular weight excluding hydrogens is 212 g/mol. The number of rotatable bonds is 2. The number of nitrogens with zero attached hydrogens (tertiary/aromatic N) is 2. The van der Waals surface area contributed by atoms with E-state index in [0.29, 0.717) is 0 Å². The van der Waals surface area contributed by atoms with Gasteiger partial charge in [0.15, 0.2) is 11.6 Å². The minimum atomic E-state index is -0.115. The van der Waals surface area contributed by atoms with Crippen LogP contribution < -0.4 is 0 Å². The van der Waals surface area contributed by atoms with Crippen LogP contribution in [-0.4, -0.2) is 15.8 Å². The molecule has 0 aliphatic heterocycles. The van der Waals surface area contributed by atoms with Crippen molar-refractivity contribution in [2.24, 2.45) is 0 Å². The number of ketones is 1. The summed E-state index contributed by atoms with van der Waals surface area (Å²) in [5.41, 5.74) is 4.26. The molecule has 86 valence electrons. The molecule has 0 saturated heterocycles. The topological polar surface area (TPSA) is 42.9 Å². The Hall–Kier alpha value is -2.03. The van der Waals surface area contributed by atoms with Crippen molar-refractivity contribution in [3.63, 3.8) is 0 Å². The minimum absolute atomic E-state index is 0.115. The molecule has 0 bridgehead atoms. The van der Waals surface area contributed by atoms with Crippen LogP contribution in [0.5, 0.6) is 0 Å². The molecule has 0 fully saturated rings. The fraction of sp³-hybridized carbons (Fsp3) is 0.214. The Bertz CT molecular complexity index is 576. The Morgan fingerprint density at radius 3 is 2.53 bits per heavy atom. The molecule has 0 amide bonds. The van der Waals surface area contributed by atoms with Crippen molar-refractivity contribution in [1.29, 1.82) is 0 Å². The Morgan fingerprint density at radius 2 is 1.88 bits per heavy atom. The van der Waals surface area contributed by atoms with Crippen molar-refractivity contribution in [3.05, 3.63) is 47.4 Å². The van der Waals surface area contributed by atoms with Gasteiger partial charge in [-0.25, -0.2) is 9.97 Å². The van der Waals surface area contributed by atoms with E-state index in [9.17, 15) is 4.79 Å². The van der Waals surface area contributed by atoms with Gasteiger partial charge in [0.2, 0.25) is 0 Å². The first-order chi connectivity index (χ1) is 8.08. The monoisotopic (exact) mass is 226 g/mol. The average Bonchev–Trinajstić information content (AvgIpc) is 2.33. The molecule has 1 aromatic carbocycles. The maximum absolute atomic E-state index is 11.2. The summed E-state index contributed by atoms with van der Waals surface area (Å²) < 4.78 is 0. The van der Waals surface area contributed by atoms with Crippen LogP contribution in [0.3, 0.4) is 0 Å². The fourth-order valence-electron chi connectivity index (χ4n) is 1.59. The van der Waals surface area contributed by atoms with Gasteiger partial charge < -0.3 is 0 Å². The zero-order chi connectivity index (χ0) is 12.4. The lowest BCUT2D eigenvalue weighted by Crippen LogP contribution is -2.01. The first-order valence-corrected chi connectivity index (χ1v) is 5.49. The average molecular weight is 226 g/mol. The second-order valence-electron chi connectivity index (χ2n) is 4.12. The second kappa shape index (κ2) is 4.45. The summed E-state index contributed by atoms with van der Waals surface area (Å²) in [7, 11) is 0. The summed E-state index contributed by atoms with van der Waals surface area (Å²) >= 11 is 0. The fourth-order valence-corrected chi connectivity index (χ4v) is 1.59. The summed E-state index contributed by atoms with van der Waals surface area (Å²) in [6, 6.07) is 7.95. The highest BCUT2D eigenvalue weighted by Crippen LogP contribution is 2.19. The van der Waals surface area contributed by atoms with Gasteiger partial charge in [-0.15, -0.1) is 0 Å². The van der Waals surface area contributed by atoms with Gasteiger partial charge in [-0.05, 0) is 37.1 Å². The van der Waals surface area contributed by atoms with Gasteiger partial charge in [0.25, 0.3) is 0 Å². The molecule has 0 saturated carbocycles. The van der Waals surface area contributed by atoms with E-state index in [2.05, 4.69) is 35.9 Å². The van der Waals surface area contributed by atoms with Crippen LogP contribution in [0.2, 0.25) is 0 Å². The SMILES string of the molecule is CC(=O)c1nccc(-c2ccc(C)c(C)c2)n1. The highest BCUT2D eigenvalue weighted by molar-refractivity contribution is 5.90. The van der Waals surface area contributed by atoms with Crippen LogP contribution in [0.25, 0.3) is 11.3 Å². The molecule has 0 radical (unpaired) electrons. The van der Waals surface area contributed by atoms with Gasteiger partial charge in [0, 0.05) is 18.7 Å². The smallest absolute Gasteiger partial charge is 0.196 e. The van der Waals surface area contributed by atoms with E-state index in [0.717, 1.165) is 11.3 Å². The molecule has 17 heavy (non-hydrogen) atoms. The van der Waals surface area contributed by atoms with E-state index in [1.54, 1.807) is 6.20 Å². The summed E-state index contributed by atoms with van der Waals surface area (Å²) in [5, 5.41) is 0. The van der Waals surface area contributed by atoms with Crippen molar-refractivity contribution < 1.29 is 4.79 Å². The van der Waals surface area contributed by atoms with Gasteiger partial charge in [-0.1, -0.05) is 12.1 Å². The first kappa shape index (κ1) is 11.5. The Balaban J connectivity index is 2.49. The van der Waals surface area contributed by atoms with Crippen molar-refractivity contribution >= 4 is 5.78 Å². The largest absolute Gasteiger partial charge is 0.291 e. The van der Waals surface area contributed by atoms with Crippen molar-refractivity contribution in [2.75, 3.05) is 0 Å². The number of Topliss-reactive ketones (excluding diaryl/α,β-unsaturated/α-hetero) is 1. The molecule has 3 heteroatoms. The standard InChI is InChI=1S/C14H14N2O/c1-9-4-5-12(8-10(9)2)13-6-7-15-14(16-13)11(3)17/h4-8H,1-3H3. The van der Waals surface area contributed by atoms with Gasteiger partial charge in [0.05, 0.1) is 5.69 Å². The molecule has 1 aromatic heterocycles. The first-order valence-electron chi connectivity index (χ1n) is 5.49.